The van der Waals surface area contributed by atoms with E-state index in [2.05, 4.69) is 15.6 Å². The van der Waals surface area contributed by atoms with E-state index in [9.17, 15) is 9.59 Å². The van der Waals surface area contributed by atoms with E-state index in [1.54, 1.807) is 10.3 Å². The molecule has 0 fully saturated rings. The lowest BCUT2D eigenvalue weighted by Gasteiger charge is -2.26. The Balaban J connectivity index is 2.10. The number of amides is 3. The smallest absolute Gasteiger partial charge is 0.322 e. The van der Waals surface area contributed by atoms with Crippen molar-refractivity contribution < 1.29 is 9.59 Å². The molecule has 0 saturated carbocycles. The zero-order chi connectivity index (χ0) is 20.1. The summed E-state index contributed by atoms with van der Waals surface area (Å²) >= 11 is 1.39. The van der Waals surface area contributed by atoms with Crippen molar-refractivity contribution in [2.24, 2.45) is 0 Å². The highest BCUT2D eigenvalue weighted by Gasteiger charge is 2.21. The lowest BCUT2D eigenvalue weighted by Crippen LogP contribution is -2.39. The van der Waals surface area contributed by atoms with Gasteiger partial charge in [0.1, 0.15) is 10.7 Å². The number of urea groups is 1. The molecule has 0 aliphatic carbocycles. The van der Waals surface area contributed by atoms with E-state index in [0.717, 1.165) is 21.8 Å². The van der Waals surface area contributed by atoms with Crippen LogP contribution in [0.5, 0.6) is 0 Å². The van der Waals surface area contributed by atoms with Crippen LogP contribution >= 0.6 is 11.3 Å². The van der Waals surface area contributed by atoms with Gasteiger partial charge >= 0.3 is 6.03 Å². The number of anilines is 1. The molecule has 0 aliphatic rings. The van der Waals surface area contributed by atoms with Crippen molar-refractivity contribution in [2.75, 3.05) is 5.32 Å². The van der Waals surface area contributed by atoms with Crippen molar-refractivity contribution in [3.05, 3.63) is 45.4 Å². The minimum atomic E-state index is -0.191. The Bertz CT molecular complexity index is 814. The number of benzene rings is 1. The third-order valence-electron chi connectivity index (χ3n) is 4.02. The van der Waals surface area contributed by atoms with Crippen LogP contribution in [-0.4, -0.2) is 33.9 Å². The van der Waals surface area contributed by atoms with Crippen LogP contribution in [0, 0.1) is 13.8 Å². The molecule has 27 heavy (non-hydrogen) atoms. The summed E-state index contributed by atoms with van der Waals surface area (Å²) in [6.45, 7) is 12.1. The molecular formula is C20H28N4O2S. The highest BCUT2D eigenvalue weighted by atomic mass is 32.1. The molecule has 2 rings (SSSR count). The molecule has 1 aromatic carbocycles. The Morgan fingerprint density at radius 2 is 1.89 bits per heavy atom. The number of carbonyl (C=O) groups excluding carboxylic acids is 2. The maximum Gasteiger partial charge on any atom is 0.322 e. The molecule has 0 atom stereocenters. The topological polar surface area (TPSA) is 74.3 Å². The third-order valence-corrected chi connectivity index (χ3v) is 4.85. The Kier molecular flexibility index (Phi) is 6.96. The number of rotatable bonds is 6. The summed E-state index contributed by atoms with van der Waals surface area (Å²) in [6, 6.07) is 5.79. The second-order valence-electron chi connectivity index (χ2n) is 7.22. The number of thiazole rings is 1. The van der Waals surface area contributed by atoms with Crippen LogP contribution in [0.25, 0.3) is 0 Å². The molecule has 6 nitrogen and oxygen atoms in total. The number of nitrogens with one attached hydrogen (secondary N) is 2. The number of hydrogen-bond donors (Lipinski definition) is 2. The van der Waals surface area contributed by atoms with Crippen molar-refractivity contribution in [3.8, 4) is 0 Å². The maximum absolute atomic E-state index is 12.8. The van der Waals surface area contributed by atoms with Crippen molar-refractivity contribution >= 4 is 29.0 Å². The van der Waals surface area contributed by atoms with E-state index in [1.807, 2.05) is 59.7 Å². The minimum absolute atomic E-state index is 0.00686. The van der Waals surface area contributed by atoms with Gasteiger partial charge in [-0.25, -0.2) is 9.78 Å². The summed E-state index contributed by atoms with van der Waals surface area (Å²) in [5.74, 6) is -0.191. The number of carbonyl (C=O) groups is 2. The van der Waals surface area contributed by atoms with Gasteiger partial charge in [0.05, 0.1) is 6.54 Å². The first-order valence-electron chi connectivity index (χ1n) is 9.07. The number of hydrogen-bond acceptors (Lipinski definition) is 4. The van der Waals surface area contributed by atoms with Gasteiger partial charge in [0.2, 0.25) is 0 Å². The molecule has 0 spiro atoms. The average Bonchev–Trinajstić information content (AvgIpc) is 3.03. The summed E-state index contributed by atoms with van der Waals surface area (Å²) in [7, 11) is 0. The second-order valence-corrected chi connectivity index (χ2v) is 8.17. The summed E-state index contributed by atoms with van der Waals surface area (Å²) < 4.78 is 0. The molecule has 0 radical (unpaired) electrons. The molecule has 0 unspecified atom stereocenters. The summed E-state index contributed by atoms with van der Waals surface area (Å²) in [5.41, 5.74) is 3.37. The molecule has 1 heterocycles. The van der Waals surface area contributed by atoms with Gasteiger partial charge in [-0.3, -0.25) is 4.79 Å². The van der Waals surface area contributed by atoms with Gasteiger partial charge in [0, 0.05) is 23.2 Å². The standard InChI is InChI=1S/C20H28N4O2S/c1-12(2)21-19(25)17-11-27-18(22-17)10-24(13(3)4)20(26)23-16-8-7-14(5)9-15(16)6/h7-9,11-13H,10H2,1-6H3,(H,21,25)(H,23,26). The largest absolute Gasteiger partial charge is 0.349 e. The lowest BCUT2D eigenvalue weighted by atomic mass is 10.1. The maximum atomic E-state index is 12.8. The van der Waals surface area contributed by atoms with Crippen LogP contribution in [0.2, 0.25) is 0 Å². The van der Waals surface area contributed by atoms with E-state index in [1.165, 1.54) is 11.3 Å². The van der Waals surface area contributed by atoms with E-state index < -0.39 is 0 Å². The Hall–Kier alpha value is -2.41. The summed E-state index contributed by atoms with van der Waals surface area (Å²) in [6.07, 6.45) is 0. The molecule has 0 saturated heterocycles. The molecule has 1 aromatic heterocycles. The van der Waals surface area contributed by atoms with E-state index >= 15 is 0 Å². The summed E-state index contributed by atoms with van der Waals surface area (Å²) in [5, 5.41) is 8.27. The first-order chi connectivity index (χ1) is 12.7. The fourth-order valence-corrected chi connectivity index (χ4v) is 3.37. The van der Waals surface area contributed by atoms with Crippen LogP contribution in [0.1, 0.15) is 54.3 Å². The first kappa shape index (κ1) is 20.9. The zero-order valence-corrected chi connectivity index (χ0v) is 17.6. The lowest BCUT2D eigenvalue weighted by molar-refractivity contribution is 0.0938. The minimum Gasteiger partial charge on any atom is -0.349 e. The predicted octanol–water partition coefficient (Wildman–Crippen LogP) is 4.34. The zero-order valence-electron chi connectivity index (χ0n) is 16.8. The molecule has 2 N–H and O–H groups in total. The Morgan fingerprint density at radius 1 is 1.19 bits per heavy atom. The molecule has 0 aliphatic heterocycles. The number of nitrogens with zero attached hydrogens (tertiary/aromatic N) is 2. The van der Waals surface area contributed by atoms with E-state index in [4.69, 9.17) is 0 Å². The van der Waals surface area contributed by atoms with Gasteiger partial charge in [-0.05, 0) is 53.2 Å². The van der Waals surface area contributed by atoms with Gasteiger partial charge < -0.3 is 15.5 Å². The number of aryl methyl sites for hydroxylation is 2. The van der Waals surface area contributed by atoms with Gasteiger partial charge in [0.25, 0.3) is 5.91 Å². The highest BCUT2D eigenvalue weighted by Crippen LogP contribution is 2.19. The van der Waals surface area contributed by atoms with Crippen molar-refractivity contribution in [1.29, 1.82) is 0 Å². The van der Waals surface area contributed by atoms with Crippen LogP contribution in [0.4, 0.5) is 10.5 Å². The average molecular weight is 389 g/mol. The normalized spacial score (nSPS) is 11.0. The van der Waals surface area contributed by atoms with Crippen LogP contribution in [0.3, 0.4) is 0 Å². The van der Waals surface area contributed by atoms with Gasteiger partial charge in [0.15, 0.2) is 0 Å². The quantitative estimate of drug-likeness (QED) is 0.773. The molecule has 7 heteroatoms. The fourth-order valence-electron chi connectivity index (χ4n) is 2.60. The van der Waals surface area contributed by atoms with Crippen molar-refractivity contribution in [3.63, 3.8) is 0 Å². The Labute approximate surface area is 165 Å². The first-order valence-corrected chi connectivity index (χ1v) is 9.95. The third kappa shape index (κ3) is 5.79. The molecule has 3 amide bonds. The monoisotopic (exact) mass is 388 g/mol. The molecule has 146 valence electrons. The second kappa shape index (κ2) is 8.99. The number of aromatic nitrogens is 1. The highest BCUT2D eigenvalue weighted by molar-refractivity contribution is 7.09. The Morgan fingerprint density at radius 3 is 2.48 bits per heavy atom. The van der Waals surface area contributed by atoms with Crippen LogP contribution in [0.15, 0.2) is 23.6 Å². The fraction of sp³-hybridized carbons (Fsp3) is 0.450. The SMILES string of the molecule is Cc1ccc(NC(=O)N(Cc2nc(C(=O)NC(C)C)cs2)C(C)C)c(C)c1. The van der Waals surface area contributed by atoms with E-state index in [0.29, 0.717) is 12.2 Å². The van der Waals surface area contributed by atoms with E-state index in [-0.39, 0.29) is 24.0 Å². The molecule has 0 bridgehead atoms. The molecule has 2 aromatic rings. The van der Waals surface area contributed by atoms with Crippen LogP contribution in [-0.2, 0) is 6.54 Å². The van der Waals surface area contributed by atoms with Gasteiger partial charge in [-0.2, -0.15) is 0 Å². The molecular weight excluding hydrogens is 360 g/mol. The van der Waals surface area contributed by atoms with Crippen molar-refractivity contribution in [1.82, 2.24) is 15.2 Å². The van der Waals surface area contributed by atoms with Crippen LogP contribution < -0.4 is 10.6 Å². The van der Waals surface area contributed by atoms with Gasteiger partial charge in [-0.1, -0.05) is 17.7 Å². The summed E-state index contributed by atoms with van der Waals surface area (Å²) in [4.78, 5) is 31.0. The predicted molar refractivity (Wildman–Crippen MR) is 110 cm³/mol. The van der Waals surface area contributed by atoms with Gasteiger partial charge in [-0.15, -0.1) is 11.3 Å². The van der Waals surface area contributed by atoms with Crippen molar-refractivity contribution in [2.45, 2.75) is 60.2 Å².